The average molecular weight is 379 g/mol. The lowest BCUT2D eigenvalue weighted by atomic mass is 9.95. The molecule has 1 unspecified atom stereocenters. The maximum Gasteiger partial charge on any atom is 0.273 e. The van der Waals surface area contributed by atoms with Gasteiger partial charge in [0.15, 0.2) is 0 Å². The molecule has 2 aromatic carbocycles. The summed E-state index contributed by atoms with van der Waals surface area (Å²) in [6.07, 6.45) is 0. The Labute approximate surface area is 167 Å². The van der Waals surface area contributed by atoms with Gasteiger partial charge in [-0.1, -0.05) is 30.3 Å². The molecule has 0 radical (unpaired) electrons. The molecule has 0 aliphatic rings. The molecule has 1 heterocycles. The second-order valence-electron chi connectivity index (χ2n) is 8.36. The van der Waals surface area contributed by atoms with Crippen LogP contribution in [0, 0.1) is 13.8 Å². The summed E-state index contributed by atoms with van der Waals surface area (Å²) >= 11 is 0. The van der Waals surface area contributed by atoms with Crippen molar-refractivity contribution in [2.24, 2.45) is 0 Å². The zero-order valence-corrected chi connectivity index (χ0v) is 17.7. The van der Waals surface area contributed by atoms with Gasteiger partial charge in [0.05, 0.1) is 29.2 Å². The average Bonchev–Trinajstić information content (AvgIpc) is 2.64. The van der Waals surface area contributed by atoms with Gasteiger partial charge in [0, 0.05) is 6.54 Å². The number of ether oxygens (including phenoxy) is 1. The lowest BCUT2D eigenvalue weighted by molar-refractivity contribution is -0.00716. The van der Waals surface area contributed by atoms with Crippen LogP contribution in [-0.2, 0) is 11.3 Å². The number of aryl methyl sites for hydroxylation is 3. The molecule has 148 valence electrons. The molecule has 0 amide bonds. The quantitative estimate of drug-likeness (QED) is 0.629. The van der Waals surface area contributed by atoms with E-state index in [0.29, 0.717) is 18.8 Å². The summed E-state index contributed by atoms with van der Waals surface area (Å²) in [7, 11) is 0. The zero-order valence-electron chi connectivity index (χ0n) is 17.7. The van der Waals surface area contributed by atoms with E-state index < -0.39 is 0 Å². The van der Waals surface area contributed by atoms with Gasteiger partial charge in [-0.3, -0.25) is 4.79 Å². The van der Waals surface area contributed by atoms with Gasteiger partial charge in [-0.25, -0.2) is 4.98 Å². The third kappa shape index (κ3) is 4.17. The number of nitrogens with zero attached hydrogens (tertiary/aromatic N) is 2. The molecule has 1 atom stereocenters. The minimum atomic E-state index is -0.290. The smallest absolute Gasteiger partial charge is 0.273 e. The third-order valence-corrected chi connectivity index (χ3v) is 5.12. The maximum atomic E-state index is 13.4. The normalized spacial score (nSPS) is 13.1. The summed E-state index contributed by atoms with van der Waals surface area (Å²) in [6.45, 7) is 13.2. The van der Waals surface area contributed by atoms with Crippen LogP contribution in [0.2, 0.25) is 0 Å². The van der Waals surface area contributed by atoms with Gasteiger partial charge in [0.25, 0.3) is 5.56 Å². The van der Waals surface area contributed by atoms with Crippen molar-refractivity contribution in [3.8, 4) is 0 Å². The van der Waals surface area contributed by atoms with E-state index in [2.05, 4.69) is 26.0 Å². The van der Waals surface area contributed by atoms with E-state index >= 15 is 0 Å². The van der Waals surface area contributed by atoms with Crippen LogP contribution in [0.4, 0.5) is 0 Å². The van der Waals surface area contributed by atoms with E-state index in [1.54, 1.807) is 0 Å². The summed E-state index contributed by atoms with van der Waals surface area (Å²) < 4.78 is 7.93. The lowest BCUT2D eigenvalue weighted by Crippen LogP contribution is -2.31. The first-order valence-corrected chi connectivity index (χ1v) is 9.92. The maximum absolute atomic E-state index is 13.4. The molecule has 0 aliphatic heterocycles. The second kappa shape index (κ2) is 7.88. The molecule has 4 nitrogen and oxygen atoms in total. The molecule has 0 fully saturated rings. The molecule has 3 aromatic rings. The van der Waals surface area contributed by atoms with Crippen LogP contribution in [0.25, 0.3) is 11.0 Å². The highest BCUT2D eigenvalue weighted by molar-refractivity contribution is 5.77. The number of hydrogen-bond donors (Lipinski definition) is 0. The van der Waals surface area contributed by atoms with Crippen LogP contribution in [0.1, 0.15) is 56.0 Å². The Bertz CT molecular complexity index is 1030. The Hall–Kier alpha value is -2.46. The summed E-state index contributed by atoms with van der Waals surface area (Å²) in [4.78, 5) is 18.2. The molecule has 28 heavy (non-hydrogen) atoms. The van der Waals surface area contributed by atoms with Crippen LogP contribution in [0.5, 0.6) is 0 Å². The topological polar surface area (TPSA) is 44.1 Å². The highest BCUT2D eigenvalue weighted by atomic mass is 16.5. The first kappa shape index (κ1) is 20.3. The van der Waals surface area contributed by atoms with Crippen LogP contribution < -0.4 is 5.56 Å². The number of hydrogen-bond acceptors (Lipinski definition) is 3. The Morgan fingerprint density at radius 1 is 1.07 bits per heavy atom. The molecule has 0 bridgehead atoms. The number of aromatic nitrogens is 2. The van der Waals surface area contributed by atoms with Crippen molar-refractivity contribution in [3.05, 3.63) is 75.2 Å². The molecular weight excluding hydrogens is 348 g/mol. The first-order valence-electron chi connectivity index (χ1n) is 9.92. The van der Waals surface area contributed by atoms with Gasteiger partial charge in [0.2, 0.25) is 0 Å². The zero-order chi connectivity index (χ0) is 20.5. The van der Waals surface area contributed by atoms with Crippen LogP contribution in [0.3, 0.4) is 0 Å². The summed E-state index contributed by atoms with van der Waals surface area (Å²) in [5.74, 6) is -0.211. The Morgan fingerprint density at radius 3 is 2.32 bits per heavy atom. The highest BCUT2D eigenvalue weighted by Crippen LogP contribution is 2.26. The van der Waals surface area contributed by atoms with Crippen LogP contribution in [-0.4, -0.2) is 21.8 Å². The molecule has 0 N–H and O–H groups in total. The van der Waals surface area contributed by atoms with Crippen molar-refractivity contribution in [2.45, 2.75) is 59.6 Å². The molecule has 1 aromatic heterocycles. The van der Waals surface area contributed by atoms with Crippen molar-refractivity contribution in [1.82, 2.24) is 9.55 Å². The fourth-order valence-corrected chi connectivity index (χ4v) is 3.41. The first-order chi connectivity index (χ1) is 13.2. The minimum absolute atomic E-state index is 0.0374. The summed E-state index contributed by atoms with van der Waals surface area (Å²) in [5.41, 5.74) is 5.36. The minimum Gasteiger partial charge on any atom is -0.375 e. The van der Waals surface area contributed by atoms with E-state index in [4.69, 9.17) is 9.72 Å². The van der Waals surface area contributed by atoms with Crippen molar-refractivity contribution in [1.29, 1.82) is 0 Å². The lowest BCUT2D eigenvalue weighted by Gasteiger charge is -2.25. The Balaban J connectivity index is 2.23. The second-order valence-corrected chi connectivity index (χ2v) is 8.36. The largest absolute Gasteiger partial charge is 0.375 e. The van der Waals surface area contributed by atoms with Gasteiger partial charge >= 0.3 is 0 Å². The van der Waals surface area contributed by atoms with Crippen LogP contribution >= 0.6 is 0 Å². The Kier molecular flexibility index (Phi) is 5.71. The van der Waals surface area contributed by atoms with E-state index in [0.717, 1.165) is 16.6 Å². The SMILES string of the molecule is CCn1c(=O)c(C(COC(C)(C)C)c2ccccc2)nc2cc(C)c(C)cc21. The van der Waals surface area contributed by atoms with Gasteiger partial charge in [-0.05, 0) is 70.4 Å². The van der Waals surface area contributed by atoms with Gasteiger partial charge < -0.3 is 9.30 Å². The molecular formula is C24H30N2O2. The molecule has 0 saturated heterocycles. The van der Waals surface area contributed by atoms with Crippen LogP contribution in [0.15, 0.2) is 47.3 Å². The predicted octanol–water partition coefficient (Wildman–Crippen LogP) is 4.98. The van der Waals surface area contributed by atoms with E-state index in [1.807, 2.05) is 62.6 Å². The standard InChI is InChI=1S/C24H30N2O2/c1-7-26-21-14-17(3)16(2)13-20(21)25-22(23(26)27)19(15-28-24(4,5)6)18-11-9-8-10-12-18/h8-14,19H,7,15H2,1-6H3. The number of rotatable bonds is 5. The number of benzene rings is 2. The number of fused-ring (bicyclic) bond motifs is 1. The third-order valence-electron chi connectivity index (χ3n) is 5.12. The van der Waals surface area contributed by atoms with Gasteiger partial charge in [0.1, 0.15) is 5.69 Å². The molecule has 0 saturated carbocycles. The summed E-state index contributed by atoms with van der Waals surface area (Å²) in [6, 6.07) is 14.2. The van der Waals surface area contributed by atoms with Crippen molar-refractivity contribution in [3.63, 3.8) is 0 Å². The molecule has 4 heteroatoms. The fraction of sp³-hybridized carbons (Fsp3) is 0.417. The van der Waals surface area contributed by atoms with E-state index in [1.165, 1.54) is 11.1 Å². The highest BCUT2D eigenvalue weighted by Gasteiger charge is 2.24. The fourth-order valence-electron chi connectivity index (χ4n) is 3.41. The van der Waals surface area contributed by atoms with Crippen molar-refractivity contribution >= 4 is 11.0 Å². The van der Waals surface area contributed by atoms with Gasteiger partial charge in [-0.2, -0.15) is 0 Å². The predicted molar refractivity (Wildman–Crippen MR) is 115 cm³/mol. The van der Waals surface area contributed by atoms with E-state index in [9.17, 15) is 4.79 Å². The van der Waals surface area contributed by atoms with E-state index in [-0.39, 0.29) is 17.1 Å². The summed E-state index contributed by atoms with van der Waals surface area (Å²) in [5, 5.41) is 0. The monoisotopic (exact) mass is 378 g/mol. The molecule has 0 aliphatic carbocycles. The van der Waals surface area contributed by atoms with Gasteiger partial charge in [-0.15, -0.1) is 0 Å². The molecule has 3 rings (SSSR count). The van der Waals surface area contributed by atoms with Crippen molar-refractivity contribution < 1.29 is 4.74 Å². The van der Waals surface area contributed by atoms with Crippen molar-refractivity contribution in [2.75, 3.05) is 6.61 Å². The Morgan fingerprint density at radius 2 is 1.71 bits per heavy atom. The molecule has 0 spiro atoms.